The van der Waals surface area contributed by atoms with Crippen LogP contribution in [-0.4, -0.2) is 69.2 Å². The first-order valence-corrected chi connectivity index (χ1v) is 9.78. The Balaban J connectivity index is 1.32. The van der Waals surface area contributed by atoms with E-state index in [2.05, 4.69) is 20.4 Å². The molecule has 1 aromatic heterocycles. The largest absolute Gasteiger partial charge is 0.497 e. The molecule has 0 spiro atoms. The van der Waals surface area contributed by atoms with E-state index in [-0.39, 0.29) is 18.1 Å². The van der Waals surface area contributed by atoms with E-state index in [0.717, 1.165) is 35.9 Å². The highest BCUT2D eigenvalue weighted by molar-refractivity contribution is 5.78. The SMILES string of the molecule is COc1ccc(-n2nnnc2CN2CCN(C(=O)Cc3ccc(F)cc3)CC2)cc1. The number of ether oxygens (including phenoxy) is 1. The standard InChI is InChI=1S/C21H23FN6O2/c1-30-19-8-6-18(7-9-19)28-20(23-24-25-28)15-26-10-12-27(13-11-26)21(29)14-16-2-4-17(22)5-3-16/h2-9H,10-15H2,1H3. The van der Waals surface area contributed by atoms with Gasteiger partial charge in [0.1, 0.15) is 11.6 Å². The molecule has 1 amide bonds. The van der Waals surface area contributed by atoms with Crippen LogP contribution in [0.3, 0.4) is 0 Å². The Bertz CT molecular complexity index is 981. The number of hydrogen-bond acceptors (Lipinski definition) is 6. The van der Waals surface area contributed by atoms with Gasteiger partial charge in [0, 0.05) is 26.2 Å². The van der Waals surface area contributed by atoms with Gasteiger partial charge >= 0.3 is 0 Å². The monoisotopic (exact) mass is 410 g/mol. The highest BCUT2D eigenvalue weighted by atomic mass is 19.1. The molecule has 0 saturated carbocycles. The van der Waals surface area contributed by atoms with Crippen molar-refractivity contribution in [2.24, 2.45) is 0 Å². The highest BCUT2D eigenvalue weighted by Gasteiger charge is 2.23. The van der Waals surface area contributed by atoms with Crippen LogP contribution in [0, 0.1) is 5.82 Å². The van der Waals surface area contributed by atoms with E-state index in [9.17, 15) is 9.18 Å². The van der Waals surface area contributed by atoms with Gasteiger partial charge in [0.15, 0.2) is 5.82 Å². The Kier molecular flexibility index (Phi) is 5.99. The average Bonchev–Trinajstić information content (AvgIpc) is 3.24. The minimum absolute atomic E-state index is 0.0596. The second-order valence-corrected chi connectivity index (χ2v) is 7.17. The third-order valence-corrected chi connectivity index (χ3v) is 5.21. The molecule has 0 N–H and O–H groups in total. The van der Waals surface area contributed by atoms with Crippen LogP contribution in [0.2, 0.25) is 0 Å². The lowest BCUT2D eigenvalue weighted by Crippen LogP contribution is -2.48. The fourth-order valence-corrected chi connectivity index (χ4v) is 3.47. The molecule has 2 heterocycles. The fourth-order valence-electron chi connectivity index (χ4n) is 3.47. The Morgan fingerprint density at radius 3 is 2.40 bits per heavy atom. The van der Waals surface area contributed by atoms with E-state index in [1.165, 1.54) is 12.1 Å². The molecular formula is C21H23FN6O2. The smallest absolute Gasteiger partial charge is 0.227 e. The number of nitrogens with zero attached hydrogens (tertiary/aromatic N) is 6. The number of halogens is 1. The van der Waals surface area contributed by atoms with Gasteiger partial charge in [-0.15, -0.1) is 5.10 Å². The number of carbonyl (C=O) groups excluding carboxylic acids is 1. The number of rotatable bonds is 6. The van der Waals surface area contributed by atoms with Crippen LogP contribution in [0.15, 0.2) is 48.5 Å². The molecule has 2 aromatic carbocycles. The number of carbonyl (C=O) groups is 1. The van der Waals surface area contributed by atoms with Gasteiger partial charge in [-0.1, -0.05) is 12.1 Å². The number of piperazine rings is 1. The maximum atomic E-state index is 13.0. The molecule has 0 radical (unpaired) electrons. The van der Waals surface area contributed by atoms with Gasteiger partial charge in [-0.05, 0) is 52.4 Å². The number of hydrogen-bond donors (Lipinski definition) is 0. The van der Waals surface area contributed by atoms with Crippen molar-refractivity contribution >= 4 is 5.91 Å². The Hall–Kier alpha value is -3.33. The number of aromatic nitrogens is 4. The number of benzene rings is 2. The molecule has 156 valence electrons. The first-order chi connectivity index (χ1) is 14.6. The summed E-state index contributed by atoms with van der Waals surface area (Å²) < 4.78 is 19.9. The fraction of sp³-hybridized carbons (Fsp3) is 0.333. The molecule has 0 bridgehead atoms. The van der Waals surface area contributed by atoms with Crippen molar-refractivity contribution in [3.05, 3.63) is 65.7 Å². The summed E-state index contributed by atoms with van der Waals surface area (Å²) in [5.41, 5.74) is 1.69. The summed E-state index contributed by atoms with van der Waals surface area (Å²) in [5, 5.41) is 12.1. The second kappa shape index (κ2) is 9.00. The van der Waals surface area contributed by atoms with Gasteiger partial charge < -0.3 is 9.64 Å². The molecule has 0 atom stereocenters. The molecule has 1 saturated heterocycles. The van der Waals surface area contributed by atoms with Gasteiger partial charge in [-0.3, -0.25) is 9.69 Å². The zero-order chi connectivity index (χ0) is 20.9. The summed E-state index contributed by atoms with van der Waals surface area (Å²) >= 11 is 0. The molecule has 1 fully saturated rings. The van der Waals surface area contributed by atoms with Crippen LogP contribution in [0.25, 0.3) is 5.69 Å². The van der Waals surface area contributed by atoms with E-state index in [0.29, 0.717) is 19.6 Å². The Morgan fingerprint density at radius 2 is 1.73 bits per heavy atom. The lowest BCUT2D eigenvalue weighted by molar-refractivity contribution is -0.132. The van der Waals surface area contributed by atoms with Crippen molar-refractivity contribution in [2.45, 2.75) is 13.0 Å². The van der Waals surface area contributed by atoms with Crippen molar-refractivity contribution in [1.29, 1.82) is 0 Å². The predicted octanol–water partition coefficient (Wildman–Crippen LogP) is 1.70. The van der Waals surface area contributed by atoms with Gasteiger partial charge in [0.25, 0.3) is 0 Å². The van der Waals surface area contributed by atoms with Crippen LogP contribution in [-0.2, 0) is 17.8 Å². The quantitative estimate of drug-likeness (QED) is 0.616. The van der Waals surface area contributed by atoms with Crippen molar-refractivity contribution in [3.63, 3.8) is 0 Å². The lowest BCUT2D eigenvalue weighted by Gasteiger charge is -2.34. The molecule has 1 aliphatic rings. The normalized spacial score (nSPS) is 14.7. The highest BCUT2D eigenvalue weighted by Crippen LogP contribution is 2.16. The molecule has 9 heteroatoms. The van der Waals surface area contributed by atoms with E-state index in [4.69, 9.17) is 4.74 Å². The number of tetrazole rings is 1. The zero-order valence-corrected chi connectivity index (χ0v) is 16.7. The van der Waals surface area contributed by atoms with Crippen LogP contribution < -0.4 is 4.74 Å². The van der Waals surface area contributed by atoms with Crippen molar-refractivity contribution in [2.75, 3.05) is 33.3 Å². The molecular weight excluding hydrogens is 387 g/mol. The van der Waals surface area contributed by atoms with Crippen LogP contribution in [0.1, 0.15) is 11.4 Å². The molecule has 8 nitrogen and oxygen atoms in total. The predicted molar refractivity (Wildman–Crippen MR) is 108 cm³/mol. The van der Waals surface area contributed by atoms with E-state index in [1.54, 1.807) is 23.9 Å². The van der Waals surface area contributed by atoms with Crippen molar-refractivity contribution in [1.82, 2.24) is 30.0 Å². The lowest BCUT2D eigenvalue weighted by atomic mass is 10.1. The van der Waals surface area contributed by atoms with E-state index < -0.39 is 0 Å². The Morgan fingerprint density at radius 1 is 1.03 bits per heavy atom. The van der Waals surface area contributed by atoms with Crippen LogP contribution >= 0.6 is 0 Å². The molecule has 1 aliphatic heterocycles. The number of methoxy groups -OCH3 is 1. The average molecular weight is 410 g/mol. The topological polar surface area (TPSA) is 76.4 Å². The van der Waals surface area contributed by atoms with Gasteiger partial charge in [0.2, 0.25) is 5.91 Å². The third-order valence-electron chi connectivity index (χ3n) is 5.21. The minimum atomic E-state index is -0.295. The van der Waals surface area contributed by atoms with Gasteiger partial charge in [-0.25, -0.2) is 4.39 Å². The summed E-state index contributed by atoms with van der Waals surface area (Å²) in [7, 11) is 1.63. The third kappa shape index (κ3) is 4.62. The van der Waals surface area contributed by atoms with Crippen molar-refractivity contribution < 1.29 is 13.9 Å². The van der Waals surface area contributed by atoms with Crippen LogP contribution in [0.5, 0.6) is 5.75 Å². The molecule has 4 rings (SSSR count). The zero-order valence-electron chi connectivity index (χ0n) is 16.7. The van der Waals surface area contributed by atoms with Crippen LogP contribution in [0.4, 0.5) is 4.39 Å². The Labute approximate surface area is 173 Å². The molecule has 3 aromatic rings. The summed E-state index contributed by atoms with van der Waals surface area (Å²) in [6.45, 7) is 3.36. The second-order valence-electron chi connectivity index (χ2n) is 7.17. The number of amides is 1. The molecule has 0 unspecified atom stereocenters. The first kappa shape index (κ1) is 20.0. The van der Waals surface area contributed by atoms with Gasteiger partial charge in [0.05, 0.1) is 25.8 Å². The van der Waals surface area contributed by atoms with Crippen molar-refractivity contribution in [3.8, 4) is 11.4 Å². The summed E-state index contributed by atoms with van der Waals surface area (Å²) in [6.07, 6.45) is 0.288. The van der Waals surface area contributed by atoms with Gasteiger partial charge in [-0.2, -0.15) is 4.68 Å². The summed E-state index contributed by atoms with van der Waals surface area (Å²) in [6, 6.07) is 13.6. The van der Waals surface area contributed by atoms with E-state index in [1.807, 2.05) is 29.2 Å². The molecule has 0 aliphatic carbocycles. The molecule has 30 heavy (non-hydrogen) atoms. The maximum Gasteiger partial charge on any atom is 0.227 e. The summed E-state index contributed by atoms with van der Waals surface area (Å²) in [4.78, 5) is 16.6. The summed E-state index contributed by atoms with van der Waals surface area (Å²) in [5.74, 6) is 1.28. The first-order valence-electron chi connectivity index (χ1n) is 9.78. The van der Waals surface area contributed by atoms with E-state index >= 15 is 0 Å². The maximum absolute atomic E-state index is 13.0. The minimum Gasteiger partial charge on any atom is -0.497 e.